The Bertz CT molecular complexity index is 451. The van der Waals surface area contributed by atoms with Crippen molar-refractivity contribution in [2.24, 2.45) is 11.8 Å². The maximum atomic E-state index is 12.4. The van der Waals surface area contributed by atoms with Crippen LogP contribution in [0.5, 0.6) is 0 Å². The lowest BCUT2D eigenvalue weighted by atomic mass is 10.00. The van der Waals surface area contributed by atoms with E-state index in [4.69, 9.17) is 30.3 Å². The molecule has 0 aromatic carbocycles. The molecule has 2 N–H and O–H groups in total. The number of rotatable bonds is 6. The third kappa shape index (κ3) is 4.51. The van der Waals surface area contributed by atoms with Gasteiger partial charge in [0.05, 0.1) is 37.6 Å². The number of hydrogen-bond acceptors (Lipinski definition) is 8. The maximum absolute atomic E-state index is 12.4. The molecule has 2 saturated heterocycles. The van der Waals surface area contributed by atoms with Gasteiger partial charge in [0.1, 0.15) is 18.9 Å². The van der Waals surface area contributed by atoms with Gasteiger partial charge >= 0.3 is 0 Å². The smallest absolute Gasteiger partial charge is 0.116 e. The van der Waals surface area contributed by atoms with Crippen LogP contribution in [0.4, 0.5) is 0 Å². The van der Waals surface area contributed by atoms with E-state index in [0.717, 1.165) is 0 Å². The van der Waals surface area contributed by atoms with Crippen molar-refractivity contribution in [1.29, 1.82) is 0 Å². The molecule has 136 valence electrons. The molecule has 2 heterocycles. The molecule has 0 amide bonds. The summed E-state index contributed by atoms with van der Waals surface area (Å²) in [7, 11) is 0. The van der Waals surface area contributed by atoms with Crippen LogP contribution < -0.4 is 4.89 Å². The zero-order valence-corrected chi connectivity index (χ0v) is 15.5. The lowest BCUT2D eigenvalue weighted by Crippen LogP contribution is -2.34. The first-order valence-electron chi connectivity index (χ1n) is 7.90. The molecular weight excluding hydrogens is 343 g/mol. The van der Waals surface area contributed by atoms with E-state index in [1.807, 2.05) is 27.7 Å². The van der Waals surface area contributed by atoms with Gasteiger partial charge < -0.3 is 33.6 Å². The Labute approximate surface area is 142 Å². The van der Waals surface area contributed by atoms with Gasteiger partial charge in [-0.25, -0.2) is 0 Å². The molecule has 0 spiro atoms. The Morgan fingerprint density at radius 1 is 1.09 bits per heavy atom. The molecule has 9 atom stereocenters. The number of ether oxygens (including phenoxy) is 2. The lowest BCUT2D eigenvalue weighted by Gasteiger charge is -2.34. The number of aliphatic hydroxyl groups excluding tert-OH is 2. The van der Waals surface area contributed by atoms with E-state index in [9.17, 15) is 15.1 Å². The minimum absolute atomic E-state index is 0.0306. The van der Waals surface area contributed by atoms with Gasteiger partial charge in [0.2, 0.25) is 0 Å². The first-order valence-corrected chi connectivity index (χ1v) is 10.5. The van der Waals surface area contributed by atoms with Gasteiger partial charge in [-0.15, -0.1) is 0 Å². The normalized spacial score (nSPS) is 46.9. The van der Waals surface area contributed by atoms with Crippen molar-refractivity contribution in [2.75, 3.05) is 13.2 Å². The highest BCUT2D eigenvalue weighted by atomic mass is 32.5. The van der Waals surface area contributed by atoms with Crippen molar-refractivity contribution in [3.8, 4) is 0 Å². The fraction of sp³-hybridized carbons (Fsp3) is 1.00. The van der Waals surface area contributed by atoms with E-state index in [2.05, 4.69) is 0 Å². The van der Waals surface area contributed by atoms with Crippen LogP contribution in [-0.2, 0) is 30.3 Å². The largest absolute Gasteiger partial charge is 0.780 e. The molecule has 2 fully saturated rings. The lowest BCUT2D eigenvalue weighted by molar-refractivity contribution is -0.216. The SMILES string of the molecule is C[C@@H]1[C@H](O)[C@@H](COP([O-])(=S)O[C@H]2[C@@H](C)[C@H](C)O[C@@H]2CO)O[C@H]1C. The van der Waals surface area contributed by atoms with Gasteiger partial charge in [0.25, 0.3) is 0 Å². The zero-order chi connectivity index (χ0) is 17.4. The molecule has 23 heavy (non-hydrogen) atoms. The van der Waals surface area contributed by atoms with Crippen molar-refractivity contribution in [1.82, 2.24) is 0 Å². The van der Waals surface area contributed by atoms with E-state index >= 15 is 0 Å². The van der Waals surface area contributed by atoms with Gasteiger partial charge in [-0.05, 0) is 13.8 Å². The Kier molecular flexibility index (Phi) is 6.61. The predicted octanol–water partition coefficient (Wildman–Crippen LogP) is 0.173. The standard InChI is InChI=1S/C14H27O7PS/c1-7-9(3)20-12(13(7)16)6-18-22(17,23)21-14-8(2)10(4)19-11(14)5-15/h7-16H,5-6H2,1-4H3,(H,17,23)/p-1/t7-,8-,9-,10-,11+,12+,13-,14-,22?/m0/s1. The fourth-order valence-corrected chi connectivity index (χ4v) is 4.47. The summed E-state index contributed by atoms with van der Waals surface area (Å²) in [5.74, 6) is -0.0997. The van der Waals surface area contributed by atoms with Crippen LogP contribution in [0.1, 0.15) is 27.7 Å². The monoisotopic (exact) mass is 369 g/mol. The van der Waals surface area contributed by atoms with Crippen LogP contribution in [0.2, 0.25) is 0 Å². The van der Waals surface area contributed by atoms with Gasteiger partial charge in [-0.3, -0.25) is 0 Å². The number of hydrogen-bond donors (Lipinski definition) is 2. The third-order valence-corrected chi connectivity index (χ3v) is 6.43. The molecule has 0 aliphatic carbocycles. The minimum Gasteiger partial charge on any atom is -0.780 e. The van der Waals surface area contributed by atoms with Crippen LogP contribution in [0.3, 0.4) is 0 Å². The highest BCUT2D eigenvalue weighted by Crippen LogP contribution is 2.46. The summed E-state index contributed by atoms with van der Waals surface area (Å²) in [6, 6.07) is 0. The average Bonchev–Trinajstić information content (AvgIpc) is 2.89. The average molecular weight is 369 g/mol. The molecular formula is C14H26O7PS-. The molecule has 0 radical (unpaired) electrons. The first-order chi connectivity index (χ1) is 10.7. The summed E-state index contributed by atoms with van der Waals surface area (Å²) in [6.45, 7) is 3.37. The molecule has 2 aliphatic rings. The van der Waals surface area contributed by atoms with E-state index in [0.29, 0.717) is 0 Å². The highest BCUT2D eigenvalue weighted by molar-refractivity contribution is 8.06. The molecule has 2 rings (SSSR count). The molecule has 9 heteroatoms. The quantitative estimate of drug-likeness (QED) is 0.640. The Morgan fingerprint density at radius 2 is 1.65 bits per heavy atom. The summed E-state index contributed by atoms with van der Waals surface area (Å²) in [4.78, 5) is 12.4. The Morgan fingerprint density at radius 3 is 2.17 bits per heavy atom. The van der Waals surface area contributed by atoms with Crippen LogP contribution in [-0.4, -0.2) is 60.1 Å². The zero-order valence-electron chi connectivity index (χ0n) is 13.8. The number of aliphatic hydroxyl groups is 2. The molecule has 0 saturated carbocycles. The highest BCUT2D eigenvalue weighted by Gasteiger charge is 2.42. The minimum atomic E-state index is -3.77. The summed E-state index contributed by atoms with van der Waals surface area (Å²) < 4.78 is 21.8. The van der Waals surface area contributed by atoms with Crippen LogP contribution in [0, 0.1) is 11.8 Å². The molecule has 0 aromatic rings. The summed E-state index contributed by atoms with van der Waals surface area (Å²) in [5.41, 5.74) is 0. The van der Waals surface area contributed by atoms with Crippen molar-refractivity contribution in [3.05, 3.63) is 0 Å². The Hall–Kier alpha value is 0.370. The second-order valence-corrected chi connectivity index (χ2v) is 9.17. The van der Waals surface area contributed by atoms with Crippen molar-refractivity contribution < 1.29 is 33.6 Å². The van der Waals surface area contributed by atoms with Gasteiger partial charge in [-0.1, -0.05) is 25.7 Å². The predicted molar refractivity (Wildman–Crippen MR) is 85.2 cm³/mol. The van der Waals surface area contributed by atoms with Crippen molar-refractivity contribution >= 4 is 18.5 Å². The van der Waals surface area contributed by atoms with Crippen molar-refractivity contribution in [2.45, 2.75) is 64.3 Å². The summed E-state index contributed by atoms with van der Waals surface area (Å²) in [5, 5.41) is 19.4. The molecule has 7 nitrogen and oxygen atoms in total. The summed E-state index contributed by atoms with van der Waals surface area (Å²) in [6.07, 6.45) is -2.68. The first kappa shape index (κ1) is 19.7. The second kappa shape index (κ2) is 7.72. The van der Waals surface area contributed by atoms with E-state index in [-0.39, 0.29) is 37.3 Å². The Balaban J connectivity index is 1.91. The molecule has 0 aromatic heterocycles. The van der Waals surface area contributed by atoms with Gasteiger partial charge in [0, 0.05) is 11.8 Å². The van der Waals surface area contributed by atoms with E-state index < -0.39 is 31.1 Å². The third-order valence-electron chi connectivity index (χ3n) is 4.89. The van der Waals surface area contributed by atoms with Gasteiger partial charge in [0.15, 0.2) is 0 Å². The fourth-order valence-electron chi connectivity index (χ4n) is 2.97. The maximum Gasteiger partial charge on any atom is 0.116 e. The van der Waals surface area contributed by atoms with Crippen LogP contribution in [0.15, 0.2) is 0 Å². The molecule has 1 unspecified atom stereocenters. The van der Waals surface area contributed by atoms with Crippen LogP contribution in [0.25, 0.3) is 0 Å². The van der Waals surface area contributed by atoms with E-state index in [1.54, 1.807) is 0 Å². The van der Waals surface area contributed by atoms with Crippen molar-refractivity contribution in [3.63, 3.8) is 0 Å². The van der Waals surface area contributed by atoms with Crippen LogP contribution >= 0.6 is 6.72 Å². The molecule has 0 bridgehead atoms. The van der Waals surface area contributed by atoms with Gasteiger partial charge in [-0.2, -0.15) is 0 Å². The van der Waals surface area contributed by atoms with E-state index in [1.165, 1.54) is 0 Å². The summed E-state index contributed by atoms with van der Waals surface area (Å²) >= 11 is 4.94. The molecule has 2 aliphatic heterocycles. The topological polar surface area (TPSA) is 100 Å². The second-order valence-electron chi connectivity index (χ2n) is 6.46.